The van der Waals surface area contributed by atoms with Gasteiger partial charge in [0.2, 0.25) is 11.4 Å². The molecule has 78 valence electrons. The van der Waals surface area contributed by atoms with Crippen LogP contribution in [0.15, 0.2) is 0 Å². The summed E-state index contributed by atoms with van der Waals surface area (Å²) in [5.74, 6) is -0.848. The third-order valence-corrected chi connectivity index (χ3v) is 2.91. The fourth-order valence-electron chi connectivity index (χ4n) is 2.09. The topological polar surface area (TPSA) is 75.6 Å². The molecule has 0 aromatic heterocycles. The Labute approximate surface area is 81.4 Å². The highest BCUT2D eigenvalue weighted by atomic mass is 16.6. The van der Waals surface area contributed by atoms with Crippen LogP contribution in [0.1, 0.15) is 20.3 Å². The zero-order valence-corrected chi connectivity index (χ0v) is 8.11. The van der Waals surface area contributed by atoms with Gasteiger partial charge in [-0.1, -0.05) is 13.8 Å². The minimum atomic E-state index is -1.16. The summed E-state index contributed by atoms with van der Waals surface area (Å²) >= 11 is 0. The normalized spacial score (nSPS) is 37.3. The highest BCUT2D eigenvalue weighted by Crippen LogP contribution is 2.39. The van der Waals surface area contributed by atoms with E-state index < -0.39 is 23.7 Å². The lowest BCUT2D eigenvalue weighted by Crippen LogP contribution is -2.73. The van der Waals surface area contributed by atoms with Gasteiger partial charge in [0.05, 0.1) is 12.5 Å². The van der Waals surface area contributed by atoms with E-state index in [4.69, 9.17) is 4.74 Å². The summed E-state index contributed by atoms with van der Waals surface area (Å²) < 4.78 is 4.83. The number of hydrogen-bond donors (Lipinski definition) is 2. The number of fused-ring (bicyclic) bond motifs is 1. The van der Waals surface area contributed by atoms with Crippen molar-refractivity contribution in [2.45, 2.75) is 38.0 Å². The van der Waals surface area contributed by atoms with E-state index in [0.717, 1.165) is 0 Å². The van der Waals surface area contributed by atoms with Crippen LogP contribution in [-0.4, -0.2) is 34.7 Å². The second-order valence-electron chi connectivity index (χ2n) is 4.20. The quantitative estimate of drug-likeness (QED) is 0.570. The van der Waals surface area contributed by atoms with Crippen LogP contribution in [0.4, 0.5) is 0 Å². The molecule has 2 heterocycles. The van der Waals surface area contributed by atoms with Crippen LogP contribution in [0.2, 0.25) is 0 Å². The molecule has 2 N–H and O–H groups in total. The Morgan fingerprint density at radius 1 is 1.57 bits per heavy atom. The molecule has 3 atom stereocenters. The molecule has 0 unspecified atom stereocenters. The van der Waals surface area contributed by atoms with Crippen LogP contribution in [0.25, 0.3) is 0 Å². The highest BCUT2D eigenvalue weighted by molar-refractivity contribution is 5.98. The first-order valence-electron chi connectivity index (χ1n) is 4.68. The van der Waals surface area contributed by atoms with Gasteiger partial charge in [-0.2, -0.15) is 0 Å². The molecular weight excluding hydrogens is 186 g/mol. The molecule has 2 fully saturated rings. The van der Waals surface area contributed by atoms with Gasteiger partial charge in [-0.25, -0.2) is 4.79 Å². The molecule has 0 aliphatic carbocycles. The van der Waals surface area contributed by atoms with E-state index in [2.05, 4.69) is 5.32 Å². The van der Waals surface area contributed by atoms with Crippen molar-refractivity contribution in [2.75, 3.05) is 0 Å². The lowest BCUT2D eigenvalue weighted by atomic mass is 9.78. The monoisotopic (exact) mass is 199 g/mol. The molecule has 5 nitrogen and oxygen atoms in total. The molecular formula is C9H13NO4. The maximum atomic E-state index is 11.3. The number of hydrogen-bond acceptors (Lipinski definition) is 4. The molecule has 2 aliphatic heterocycles. The van der Waals surface area contributed by atoms with Crippen LogP contribution in [0, 0.1) is 5.92 Å². The Kier molecular flexibility index (Phi) is 1.82. The first kappa shape index (κ1) is 9.45. The molecule has 0 bridgehead atoms. The van der Waals surface area contributed by atoms with Crippen molar-refractivity contribution in [3.8, 4) is 0 Å². The number of carbonyl (C=O) groups excluding carboxylic acids is 2. The third-order valence-electron chi connectivity index (χ3n) is 2.91. The summed E-state index contributed by atoms with van der Waals surface area (Å²) in [6.45, 7) is 3.60. The van der Waals surface area contributed by atoms with Crippen molar-refractivity contribution in [3.05, 3.63) is 0 Å². The molecule has 2 saturated heterocycles. The first-order valence-corrected chi connectivity index (χ1v) is 4.68. The molecule has 0 saturated carbocycles. The van der Waals surface area contributed by atoms with Crippen LogP contribution < -0.4 is 5.32 Å². The van der Waals surface area contributed by atoms with Crippen molar-refractivity contribution in [1.29, 1.82) is 0 Å². The largest absolute Gasteiger partial charge is 0.457 e. The van der Waals surface area contributed by atoms with Crippen molar-refractivity contribution in [2.24, 2.45) is 5.92 Å². The van der Waals surface area contributed by atoms with Crippen molar-refractivity contribution in [3.63, 3.8) is 0 Å². The van der Waals surface area contributed by atoms with Gasteiger partial charge in [0, 0.05) is 0 Å². The molecule has 2 rings (SSSR count). The smallest absolute Gasteiger partial charge is 0.338 e. The van der Waals surface area contributed by atoms with Crippen molar-refractivity contribution in [1.82, 2.24) is 5.32 Å². The Morgan fingerprint density at radius 2 is 2.21 bits per heavy atom. The van der Waals surface area contributed by atoms with Crippen LogP contribution in [-0.2, 0) is 14.3 Å². The number of rotatable bonds is 2. The summed E-state index contributed by atoms with van der Waals surface area (Å²) in [7, 11) is 0. The third kappa shape index (κ3) is 0.930. The van der Waals surface area contributed by atoms with E-state index in [-0.39, 0.29) is 18.2 Å². The van der Waals surface area contributed by atoms with Crippen molar-refractivity contribution < 1.29 is 19.4 Å². The Bertz CT molecular complexity index is 301. The number of amides is 1. The van der Waals surface area contributed by atoms with Gasteiger partial charge in [-0.15, -0.1) is 0 Å². The van der Waals surface area contributed by atoms with Crippen LogP contribution >= 0.6 is 0 Å². The fraction of sp³-hybridized carbons (Fsp3) is 0.778. The molecule has 0 radical (unpaired) electrons. The zero-order valence-electron chi connectivity index (χ0n) is 8.11. The van der Waals surface area contributed by atoms with Gasteiger partial charge in [-0.3, -0.25) is 4.79 Å². The summed E-state index contributed by atoms with van der Waals surface area (Å²) in [5.41, 5.74) is -1.16. The summed E-state index contributed by atoms with van der Waals surface area (Å²) in [6, 6.07) is 0. The molecule has 2 aliphatic rings. The molecule has 1 amide bonds. The minimum absolute atomic E-state index is 0.0937. The average Bonchev–Trinajstić information content (AvgIpc) is 2.37. The van der Waals surface area contributed by atoms with Gasteiger partial charge in [0.15, 0.2) is 0 Å². The van der Waals surface area contributed by atoms with Gasteiger partial charge in [0.25, 0.3) is 0 Å². The predicted molar refractivity (Wildman–Crippen MR) is 46.2 cm³/mol. The van der Waals surface area contributed by atoms with E-state index in [0.29, 0.717) is 0 Å². The number of esters is 1. The number of aliphatic hydroxyl groups excluding tert-OH is 1. The number of aliphatic hydroxyl groups is 1. The maximum absolute atomic E-state index is 11.3. The fourth-order valence-corrected chi connectivity index (χ4v) is 2.09. The number of carbonyl (C=O) groups is 2. The highest BCUT2D eigenvalue weighted by Gasteiger charge is 2.68. The Hall–Kier alpha value is -1.10. The SMILES string of the molecule is CC(C)[C@H](O)[C@@]12NC(=O)C[C@@H]1OC2=O. The summed E-state index contributed by atoms with van der Waals surface area (Å²) in [4.78, 5) is 22.5. The molecule has 0 aromatic rings. The second-order valence-corrected chi connectivity index (χ2v) is 4.20. The zero-order chi connectivity index (χ0) is 10.5. The van der Waals surface area contributed by atoms with Crippen LogP contribution in [0.3, 0.4) is 0 Å². The lowest BCUT2D eigenvalue weighted by Gasteiger charge is -2.45. The lowest BCUT2D eigenvalue weighted by molar-refractivity contribution is -0.202. The summed E-state index contributed by atoms with van der Waals surface area (Å²) in [5, 5.41) is 12.4. The van der Waals surface area contributed by atoms with Crippen LogP contribution in [0.5, 0.6) is 0 Å². The number of ether oxygens (including phenoxy) is 1. The predicted octanol–water partition coefficient (Wildman–Crippen LogP) is -0.813. The number of nitrogens with one attached hydrogen (secondary N) is 1. The molecule has 5 heteroatoms. The van der Waals surface area contributed by atoms with Gasteiger partial charge in [0.1, 0.15) is 6.10 Å². The Balaban J connectivity index is 2.28. The first-order chi connectivity index (χ1) is 6.48. The van der Waals surface area contributed by atoms with E-state index in [1.54, 1.807) is 13.8 Å². The van der Waals surface area contributed by atoms with E-state index in [9.17, 15) is 14.7 Å². The maximum Gasteiger partial charge on any atom is 0.338 e. The summed E-state index contributed by atoms with van der Waals surface area (Å²) in [6.07, 6.45) is -1.20. The van der Waals surface area contributed by atoms with Gasteiger partial charge >= 0.3 is 5.97 Å². The molecule has 0 aromatic carbocycles. The average molecular weight is 199 g/mol. The van der Waals surface area contributed by atoms with Gasteiger partial charge < -0.3 is 15.2 Å². The molecule has 0 spiro atoms. The standard InChI is InChI=1S/C9H13NO4/c1-4(2)7(12)9-5(14-8(9)13)3-6(11)10-9/h4-5,7,12H,3H2,1-2H3,(H,10,11)/t5-,7-,9-/m0/s1. The van der Waals surface area contributed by atoms with E-state index in [1.165, 1.54) is 0 Å². The van der Waals surface area contributed by atoms with E-state index >= 15 is 0 Å². The van der Waals surface area contributed by atoms with Gasteiger partial charge in [-0.05, 0) is 5.92 Å². The minimum Gasteiger partial charge on any atom is -0.457 e. The Morgan fingerprint density at radius 3 is 2.64 bits per heavy atom. The molecule has 14 heavy (non-hydrogen) atoms. The van der Waals surface area contributed by atoms with Crippen molar-refractivity contribution >= 4 is 11.9 Å². The second kappa shape index (κ2) is 2.70. The van der Waals surface area contributed by atoms with E-state index in [1.807, 2.05) is 0 Å².